The first-order valence-electron chi connectivity index (χ1n) is 9.86. The largest absolute Gasteiger partial charge is 0.297 e. The van der Waals surface area contributed by atoms with Crippen molar-refractivity contribution in [2.45, 2.75) is 25.9 Å². The lowest BCUT2D eigenvalue weighted by Gasteiger charge is -2.19. The van der Waals surface area contributed by atoms with Crippen molar-refractivity contribution in [1.29, 1.82) is 0 Å². The van der Waals surface area contributed by atoms with E-state index >= 15 is 0 Å². The highest BCUT2D eigenvalue weighted by molar-refractivity contribution is 5.78. The SMILES string of the molecule is c1ccc(Cc2nc3n(n2)CCN(Cc2cnc4ccccc4c2)CC3)cc1. The van der Waals surface area contributed by atoms with E-state index in [1.54, 1.807) is 0 Å². The average Bonchev–Trinajstić information content (AvgIpc) is 3.02. The molecule has 0 aliphatic carbocycles. The van der Waals surface area contributed by atoms with E-state index in [0.29, 0.717) is 0 Å². The van der Waals surface area contributed by atoms with Gasteiger partial charge in [-0.3, -0.25) is 9.88 Å². The van der Waals surface area contributed by atoms with Crippen LogP contribution >= 0.6 is 0 Å². The fraction of sp³-hybridized carbons (Fsp3) is 0.261. The maximum atomic E-state index is 4.80. The summed E-state index contributed by atoms with van der Waals surface area (Å²) in [5, 5.41) is 5.96. The molecule has 0 radical (unpaired) electrons. The van der Waals surface area contributed by atoms with E-state index in [0.717, 1.165) is 56.2 Å². The highest BCUT2D eigenvalue weighted by Crippen LogP contribution is 2.16. The molecule has 5 nitrogen and oxygen atoms in total. The van der Waals surface area contributed by atoms with Crippen molar-refractivity contribution in [3.8, 4) is 0 Å². The Morgan fingerprint density at radius 2 is 1.71 bits per heavy atom. The van der Waals surface area contributed by atoms with Crippen LogP contribution in [-0.2, 0) is 25.9 Å². The number of rotatable bonds is 4. The fourth-order valence-corrected chi connectivity index (χ4v) is 3.87. The van der Waals surface area contributed by atoms with Gasteiger partial charge in [0.25, 0.3) is 0 Å². The van der Waals surface area contributed by atoms with Crippen molar-refractivity contribution in [3.05, 3.63) is 89.6 Å². The Labute approximate surface area is 164 Å². The molecule has 28 heavy (non-hydrogen) atoms. The monoisotopic (exact) mass is 369 g/mol. The molecule has 0 fully saturated rings. The van der Waals surface area contributed by atoms with Gasteiger partial charge in [-0.1, -0.05) is 48.5 Å². The van der Waals surface area contributed by atoms with Gasteiger partial charge in [0.05, 0.1) is 12.1 Å². The first kappa shape index (κ1) is 17.1. The minimum Gasteiger partial charge on any atom is -0.297 e. The maximum absolute atomic E-state index is 4.80. The van der Waals surface area contributed by atoms with Gasteiger partial charge in [0.1, 0.15) is 5.82 Å². The van der Waals surface area contributed by atoms with Crippen LogP contribution in [0.1, 0.15) is 22.8 Å². The Hall–Kier alpha value is -3.05. The second kappa shape index (κ2) is 7.52. The van der Waals surface area contributed by atoms with E-state index in [2.05, 4.69) is 63.1 Å². The molecule has 140 valence electrons. The van der Waals surface area contributed by atoms with Crippen molar-refractivity contribution >= 4 is 10.9 Å². The lowest BCUT2D eigenvalue weighted by molar-refractivity contribution is 0.268. The zero-order valence-electron chi connectivity index (χ0n) is 15.8. The molecule has 0 saturated carbocycles. The summed E-state index contributed by atoms with van der Waals surface area (Å²) in [7, 11) is 0. The lowest BCUT2D eigenvalue weighted by atomic mass is 10.1. The molecule has 5 heteroatoms. The number of fused-ring (bicyclic) bond motifs is 2. The van der Waals surface area contributed by atoms with E-state index in [4.69, 9.17) is 10.1 Å². The van der Waals surface area contributed by atoms with Crippen LogP contribution < -0.4 is 0 Å². The molecule has 1 aliphatic heterocycles. The molecule has 5 rings (SSSR count). The third kappa shape index (κ3) is 3.66. The number of pyridine rings is 1. The second-order valence-corrected chi connectivity index (χ2v) is 7.39. The van der Waals surface area contributed by atoms with E-state index in [1.807, 2.05) is 18.3 Å². The second-order valence-electron chi connectivity index (χ2n) is 7.39. The van der Waals surface area contributed by atoms with Crippen LogP contribution in [-0.4, -0.2) is 37.7 Å². The maximum Gasteiger partial charge on any atom is 0.155 e. The minimum atomic E-state index is 0.799. The van der Waals surface area contributed by atoms with E-state index < -0.39 is 0 Å². The topological polar surface area (TPSA) is 46.8 Å². The third-order valence-electron chi connectivity index (χ3n) is 5.33. The number of benzene rings is 2. The van der Waals surface area contributed by atoms with Crippen LogP contribution in [0.3, 0.4) is 0 Å². The predicted octanol–water partition coefficient (Wildman–Crippen LogP) is 3.48. The number of para-hydroxylation sites is 1. The average molecular weight is 369 g/mol. The summed E-state index contributed by atoms with van der Waals surface area (Å²) in [6.45, 7) is 3.78. The van der Waals surface area contributed by atoms with E-state index in [-0.39, 0.29) is 0 Å². The van der Waals surface area contributed by atoms with Gasteiger partial charge >= 0.3 is 0 Å². The highest BCUT2D eigenvalue weighted by Gasteiger charge is 2.18. The summed E-state index contributed by atoms with van der Waals surface area (Å²) in [6, 6.07) is 21.0. The van der Waals surface area contributed by atoms with Gasteiger partial charge in [-0.25, -0.2) is 9.67 Å². The number of hydrogen-bond donors (Lipinski definition) is 0. The lowest BCUT2D eigenvalue weighted by Crippen LogP contribution is -2.26. The quantitative estimate of drug-likeness (QED) is 0.553. The first-order chi connectivity index (χ1) is 13.8. The van der Waals surface area contributed by atoms with Crippen molar-refractivity contribution in [2.75, 3.05) is 13.1 Å². The molecule has 0 saturated heterocycles. The Morgan fingerprint density at radius 3 is 2.64 bits per heavy atom. The molecule has 2 aromatic heterocycles. The van der Waals surface area contributed by atoms with Gasteiger partial charge in [0, 0.05) is 44.1 Å². The highest BCUT2D eigenvalue weighted by atomic mass is 15.4. The van der Waals surface area contributed by atoms with Gasteiger partial charge in [0.2, 0.25) is 0 Å². The zero-order valence-corrected chi connectivity index (χ0v) is 15.8. The molecule has 0 atom stereocenters. The zero-order chi connectivity index (χ0) is 18.8. The Bertz CT molecular complexity index is 1060. The minimum absolute atomic E-state index is 0.799. The van der Waals surface area contributed by atoms with Gasteiger partial charge in [0.15, 0.2) is 5.82 Å². The molecule has 0 spiro atoms. The number of hydrogen-bond acceptors (Lipinski definition) is 4. The summed E-state index contributed by atoms with van der Waals surface area (Å²) in [6.07, 6.45) is 3.73. The number of aromatic nitrogens is 4. The summed E-state index contributed by atoms with van der Waals surface area (Å²) >= 11 is 0. The van der Waals surface area contributed by atoms with Crippen LogP contribution in [0.25, 0.3) is 10.9 Å². The molecule has 0 bridgehead atoms. The molecule has 2 aromatic carbocycles. The van der Waals surface area contributed by atoms with Crippen molar-refractivity contribution in [2.24, 2.45) is 0 Å². The van der Waals surface area contributed by atoms with Crippen LogP contribution in [0.2, 0.25) is 0 Å². The Morgan fingerprint density at radius 1 is 0.857 bits per heavy atom. The summed E-state index contributed by atoms with van der Waals surface area (Å²) in [5.41, 5.74) is 3.57. The molecular formula is C23H23N5. The molecule has 0 N–H and O–H groups in total. The van der Waals surface area contributed by atoms with Gasteiger partial charge in [-0.2, -0.15) is 5.10 Å². The standard InChI is InChI=1S/C23H23N5/c1-2-6-18(7-3-1)15-22-25-23-10-11-27(12-13-28(23)26-22)17-19-14-20-8-4-5-9-21(20)24-16-19/h1-9,14,16H,10-13,15,17H2. The van der Waals surface area contributed by atoms with Gasteiger partial charge in [-0.15, -0.1) is 0 Å². The smallest absolute Gasteiger partial charge is 0.155 e. The molecule has 1 aliphatic rings. The summed E-state index contributed by atoms with van der Waals surface area (Å²) in [4.78, 5) is 11.9. The molecule has 3 heterocycles. The van der Waals surface area contributed by atoms with Gasteiger partial charge in [-0.05, 0) is 23.3 Å². The van der Waals surface area contributed by atoms with E-state index in [9.17, 15) is 0 Å². The fourth-order valence-electron chi connectivity index (χ4n) is 3.87. The van der Waals surface area contributed by atoms with Gasteiger partial charge < -0.3 is 0 Å². The van der Waals surface area contributed by atoms with E-state index in [1.165, 1.54) is 16.5 Å². The molecule has 0 unspecified atom stereocenters. The third-order valence-corrected chi connectivity index (χ3v) is 5.33. The molecule has 0 amide bonds. The van der Waals surface area contributed by atoms with Crippen molar-refractivity contribution < 1.29 is 0 Å². The number of nitrogens with zero attached hydrogens (tertiary/aromatic N) is 5. The van der Waals surface area contributed by atoms with Crippen LogP contribution in [0.15, 0.2) is 66.9 Å². The summed E-state index contributed by atoms with van der Waals surface area (Å²) < 4.78 is 2.09. The van der Waals surface area contributed by atoms with Crippen molar-refractivity contribution in [1.82, 2.24) is 24.6 Å². The molecular weight excluding hydrogens is 346 g/mol. The van der Waals surface area contributed by atoms with Crippen molar-refractivity contribution in [3.63, 3.8) is 0 Å². The predicted molar refractivity (Wildman–Crippen MR) is 110 cm³/mol. The normalized spacial score (nSPS) is 14.7. The first-order valence-corrected chi connectivity index (χ1v) is 9.86. The van der Waals surface area contributed by atoms with Crippen LogP contribution in [0.5, 0.6) is 0 Å². The Balaban J connectivity index is 1.25. The van der Waals surface area contributed by atoms with Crippen LogP contribution in [0.4, 0.5) is 0 Å². The van der Waals surface area contributed by atoms with Crippen LogP contribution in [0, 0.1) is 0 Å². The Kier molecular flexibility index (Phi) is 4.59. The molecule has 4 aromatic rings. The summed E-state index contributed by atoms with van der Waals surface area (Å²) in [5.74, 6) is 2.03.